The SMILES string of the molecule is O=C(CCc1ccc(F)cc1)NCCCN1CCOCC1. The molecule has 1 N–H and O–H groups in total. The van der Waals surface area contributed by atoms with Gasteiger partial charge in [-0.15, -0.1) is 0 Å². The van der Waals surface area contributed by atoms with Crippen LogP contribution in [0.3, 0.4) is 0 Å². The minimum Gasteiger partial charge on any atom is -0.379 e. The summed E-state index contributed by atoms with van der Waals surface area (Å²) in [5.74, 6) is -0.187. The molecule has 1 fully saturated rings. The van der Waals surface area contributed by atoms with Gasteiger partial charge in [0, 0.05) is 26.1 Å². The van der Waals surface area contributed by atoms with E-state index in [0.29, 0.717) is 19.4 Å². The van der Waals surface area contributed by atoms with E-state index in [-0.39, 0.29) is 11.7 Å². The predicted molar refractivity (Wildman–Crippen MR) is 79.6 cm³/mol. The Hall–Kier alpha value is -1.46. The number of carbonyl (C=O) groups is 1. The highest BCUT2D eigenvalue weighted by atomic mass is 19.1. The third kappa shape index (κ3) is 6.23. The number of aryl methyl sites for hydroxylation is 1. The van der Waals surface area contributed by atoms with E-state index in [1.165, 1.54) is 12.1 Å². The first kappa shape index (κ1) is 15.9. The molecule has 116 valence electrons. The molecule has 1 aromatic rings. The van der Waals surface area contributed by atoms with Gasteiger partial charge in [0.2, 0.25) is 5.91 Å². The van der Waals surface area contributed by atoms with Gasteiger partial charge in [0.1, 0.15) is 5.82 Å². The van der Waals surface area contributed by atoms with Crippen molar-refractivity contribution in [1.29, 1.82) is 0 Å². The Labute approximate surface area is 125 Å². The monoisotopic (exact) mass is 294 g/mol. The first-order valence-electron chi connectivity index (χ1n) is 7.55. The summed E-state index contributed by atoms with van der Waals surface area (Å²) in [6.07, 6.45) is 2.06. The molecular formula is C16H23FN2O2. The van der Waals surface area contributed by atoms with Crippen LogP contribution in [-0.2, 0) is 16.0 Å². The number of halogens is 1. The minimum atomic E-state index is -0.244. The molecule has 0 radical (unpaired) electrons. The maximum absolute atomic E-state index is 12.8. The molecule has 0 atom stereocenters. The van der Waals surface area contributed by atoms with Crippen LogP contribution in [0.5, 0.6) is 0 Å². The average molecular weight is 294 g/mol. The maximum atomic E-state index is 12.8. The summed E-state index contributed by atoms with van der Waals surface area (Å²) >= 11 is 0. The average Bonchev–Trinajstić information content (AvgIpc) is 2.52. The summed E-state index contributed by atoms with van der Waals surface area (Å²) in [6.45, 7) is 5.30. The summed E-state index contributed by atoms with van der Waals surface area (Å²) in [5, 5.41) is 2.93. The Morgan fingerprint density at radius 3 is 2.67 bits per heavy atom. The molecule has 2 rings (SSSR count). The van der Waals surface area contributed by atoms with Crippen LogP contribution in [-0.4, -0.2) is 50.2 Å². The smallest absolute Gasteiger partial charge is 0.220 e. The maximum Gasteiger partial charge on any atom is 0.220 e. The highest BCUT2D eigenvalue weighted by Crippen LogP contribution is 2.05. The zero-order valence-corrected chi connectivity index (χ0v) is 12.3. The first-order chi connectivity index (χ1) is 10.2. The molecule has 1 saturated heterocycles. The highest BCUT2D eigenvalue weighted by molar-refractivity contribution is 5.76. The second-order valence-electron chi connectivity index (χ2n) is 5.28. The molecule has 5 heteroatoms. The van der Waals surface area contributed by atoms with Crippen LogP contribution in [0, 0.1) is 5.82 Å². The molecule has 0 spiro atoms. The number of amides is 1. The number of rotatable bonds is 7. The normalized spacial score (nSPS) is 15.9. The number of benzene rings is 1. The van der Waals surface area contributed by atoms with Crippen LogP contribution in [0.1, 0.15) is 18.4 Å². The number of morpholine rings is 1. The Morgan fingerprint density at radius 2 is 1.95 bits per heavy atom. The largest absolute Gasteiger partial charge is 0.379 e. The number of nitrogens with one attached hydrogen (secondary N) is 1. The molecule has 1 aromatic carbocycles. The van der Waals surface area contributed by atoms with Crippen LogP contribution < -0.4 is 5.32 Å². The van der Waals surface area contributed by atoms with Gasteiger partial charge in [-0.2, -0.15) is 0 Å². The second-order valence-corrected chi connectivity index (χ2v) is 5.28. The van der Waals surface area contributed by atoms with Crippen LogP contribution in [0.4, 0.5) is 4.39 Å². The van der Waals surface area contributed by atoms with Gasteiger partial charge < -0.3 is 10.1 Å². The third-order valence-electron chi connectivity index (χ3n) is 3.63. The lowest BCUT2D eigenvalue weighted by Crippen LogP contribution is -2.38. The van der Waals surface area contributed by atoms with Crippen LogP contribution in [0.25, 0.3) is 0 Å². The predicted octanol–water partition coefficient (Wildman–Crippen LogP) is 1.60. The van der Waals surface area contributed by atoms with Gasteiger partial charge in [-0.25, -0.2) is 4.39 Å². The van der Waals surface area contributed by atoms with Crippen molar-refractivity contribution in [2.75, 3.05) is 39.4 Å². The fourth-order valence-corrected chi connectivity index (χ4v) is 2.35. The van der Waals surface area contributed by atoms with Gasteiger partial charge in [0.05, 0.1) is 13.2 Å². The lowest BCUT2D eigenvalue weighted by Gasteiger charge is -2.26. The quantitative estimate of drug-likeness (QED) is 0.777. The van der Waals surface area contributed by atoms with Gasteiger partial charge in [0.15, 0.2) is 0 Å². The van der Waals surface area contributed by atoms with Crippen molar-refractivity contribution in [1.82, 2.24) is 10.2 Å². The summed E-state index contributed by atoms with van der Waals surface area (Å²) in [5.41, 5.74) is 0.986. The summed E-state index contributed by atoms with van der Waals surface area (Å²) in [6, 6.07) is 6.30. The molecule has 0 saturated carbocycles. The number of hydrogen-bond acceptors (Lipinski definition) is 3. The minimum absolute atomic E-state index is 0.0568. The van der Waals surface area contributed by atoms with E-state index in [9.17, 15) is 9.18 Å². The van der Waals surface area contributed by atoms with E-state index in [1.54, 1.807) is 12.1 Å². The standard InChI is InChI=1S/C16H23FN2O2/c17-15-5-2-14(3-6-15)4-7-16(20)18-8-1-9-19-10-12-21-13-11-19/h2-3,5-6H,1,4,7-13H2,(H,18,20). The molecule has 1 aliphatic rings. The summed E-state index contributed by atoms with van der Waals surface area (Å²) in [7, 11) is 0. The second kappa shape index (κ2) is 8.74. The molecule has 1 aliphatic heterocycles. The molecule has 1 amide bonds. The fourth-order valence-electron chi connectivity index (χ4n) is 2.35. The molecular weight excluding hydrogens is 271 g/mol. The number of nitrogens with zero attached hydrogens (tertiary/aromatic N) is 1. The van der Waals surface area contributed by atoms with Crippen LogP contribution in [0.2, 0.25) is 0 Å². The van der Waals surface area contributed by atoms with E-state index < -0.39 is 0 Å². The van der Waals surface area contributed by atoms with Gasteiger partial charge >= 0.3 is 0 Å². The first-order valence-corrected chi connectivity index (χ1v) is 7.55. The van der Waals surface area contributed by atoms with Crippen molar-refractivity contribution in [3.05, 3.63) is 35.6 Å². The molecule has 0 aliphatic carbocycles. The van der Waals surface area contributed by atoms with Crippen molar-refractivity contribution in [3.63, 3.8) is 0 Å². The molecule has 0 bridgehead atoms. The van der Waals surface area contributed by atoms with Crippen molar-refractivity contribution in [2.45, 2.75) is 19.3 Å². The zero-order valence-electron chi connectivity index (χ0n) is 12.3. The highest BCUT2D eigenvalue weighted by Gasteiger charge is 2.09. The van der Waals surface area contributed by atoms with Crippen molar-refractivity contribution in [2.24, 2.45) is 0 Å². The molecule has 0 unspecified atom stereocenters. The van der Waals surface area contributed by atoms with E-state index in [2.05, 4.69) is 10.2 Å². The Morgan fingerprint density at radius 1 is 1.24 bits per heavy atom. The van der Waals surface area contributed by atoms with Crippen LogP contribution >= 0.6 is 0 Å². The summed E-state index contributed by atoms with van der Waals surface area (Å²) in [4.78, 5) is 14.1. The van der Waals surface area contributed by atoms with Crippen molar-refractivity contribution in [3.8, 4) is 0 Å². The van der Waals surface area contributed by atoms with E-state index in [0.717, 1.165) is 44.8 Å². The Balaban J connectivity index is 1.54. The summed E-state index contributed by atoms with van der Waals surface area (Å²) < 4.78 is 18.0. The topological polar surface area (TPSA) is 41.6 Å². The molecule has 1 heterocycles. The Kier molecular flexibility index (Phi) is 6.63. The number of carbonyl (C=O) groups excluding carboxylic acids is 1. The van der Waals surface area contributed by atoms with E-state index >= 15 is 0 Å². The van der Waals surface area contributed by atoms with Crippen molar-refractivity contribution >= 4 is 5.91 Å². The van der Waals surface area contributed by atoms with Gasteiger partial charge in [-0.1, -0.05) is 12.1 Å². The van der Waals surface area contributed by atoms with E-state index in [1.807, 2.05) is 0 Å². The Bertz CT molecular complexity index is 430. The lowest BCUT2D eigenvalue weighted by atomic mass is 10.1. The number of ether oxygens (including phenoxy) is 1. The molecule has 4 nitrogen and oxygen atoms in total. The van der Waals surface area contributed by atoms with Gasteiger partial charge in [0.25, 0.3) is 0 Å². The van der Waals surface area contributed by atoms with E-state index in [4.69, 9.17) is 4.74 Å². The van der Waals surface area contributed by atoms with Crippen LogP contribution in [0.15, 0.2) is 24.3 Å². The van der Waals surface area contributed by atoms with Gasteiger partial charge in [-0.3, -0.25) is 9.69 Å². The molecule has 0 aromatic heterocycles. The van der Waals surface area contributed by atoms with Gasteiger partial charge in [-0.05, 0) is 37.1 Å². The molecule has 21 heavy (non-hydrogen) atoms. The zero-order chi connectivity index (χ0) is 14.9. The lowest BCUT2D eigenvalue weighted by molar-refractivity contribution is -0.121. The number of hydrogen-bond donors (Lipinski definition) is 1. The third-order valence-corrected chi connectivity index (χ3v) is 3.63. The van der Waals surface area contributed by atoms with Crippen molar-refractivity contribution < 1.29 is 13.9 Å². The fraction of sp³-hybridized carbons (Fsp3) is 0.562.